The second-order valence-corrected chi connectivity index (χ2v) is 5.22. The summed E-state index contributed by atoms with van der Waals surface area (Å²) in [5, 5.41) is 3.44. The lowest BCUT2D eigenvalue weighted by Gasteiger charge is -2.13. The van der Waals surface area contributed by atoms with E-state index in [1.54, 1.807) is 13.3 Å². The molecule has 17 heavy (non-hydrogen) atoms. The van der Waals surface area contributed by atoms with Gasteiger partial charge in [-0.1, -0.05) is 0 Å². The lowest BCUT2D eigenvalue weighted by atomic mass is 10.2. The number of rotatable bonds is 4. The van der Waals surface area contributed by atoms with Crippen LogP contribution in [0.3, 0.4) is 0 Å². The van der Waals surface area contributed by atoms with E-state index in [0.29, 0.717) is 11.9 Å². The van der Waals surface area contributed by atoms with E-state index in [2.05, 4.69) is 36.3 Å². The van der Waals surface area contributed by atoms with Gasteiger partial charge in [0.15, 0.2) is 0 Å². The minimum Gasteiger partial charge on any atom is -0.481 e. The fourth-order valence-corrected chi connectivity index (χ4v) is 2.50. The Hall–Kier alpha value is -1.55. The van der Waals surface area contributed by atoms with Crippen molar-refractivity contribution in [2.75, 3.05) is 12.4 Å². The van der Waals surface area contributed by atoms with Gasteiger partial charge in [0.25, 0.3) is 0 Å². The zero-order valence-electron chi connectivity index (χ0n) is 10.2. The summed E-state index contributed by atoms with van der Waals surface area (Å²) in [5.41, 5.74) is 1.02. The predicted molar refractivity (Wildman–Crippen MR) is 71.9 cm³/mol. The monoisotopic (exact) mass is 248 g/mol. The average Bonchev–Trinajstić information content (AvgIpc) is 2.76. The predicted octanol–water partition coefficient (Wildman–Crippen LogP) is 3.63. The first-order valence-electron chi connectivity index (χ1n) is 5.52. The smallest absolute Gasteiger partial charge is 0.214 e. The van der Waals surface area contributed by atoms with Crippen molar-refractivity contribution in [3.63, 3.8) is 0 Å². The molecule has 90 valence electrons. The maximum absolute atomic E-state index is 5.10. The number of hydrogen-bond acceptors (Lipinski definition) is 4. The van der Waals surface area contributed by atoms with E-state index in [9.17, 15) is 0 Å². The Morgan fingerprint density at radius 1 is 1.35 bits per heavy atom. The normalized spacial score (nSPS) is 12.2. The van der Waals surface area contributed by atoms with E-state index in [1.807, 2.05) is 23.5 Å². The topological polar surface area (TPSA) is 34.1 Å². The van der Waals surface area contributed by atoms with Crippen LogP contribution in [0.25, 0.3) is 0 Å². The largest absolute Gasteiger partial charge is 0.481 e. The van der Waals surface area contributed by atoms with Crippen LogP contribution in [0.1, 0.15) is 22.7 Å². The summed E-state index contributed by atoms with van der Waals surface area (Å²) in [7, 11) is 1.62. The van der Waals surface area contributed by atoms with E-state index < -0.39 is 0 Å². The van der Waals surface area contributed by atoms with Crippen LogP contribution in [0.4, 0.5) is 5.69 Å². The minimum atomic E-state index is 0.292. The van der Waals surface area contributed by atoms with Gasteiger partial charge < -0.3 is 10.1 Å². The van der Waals surface area contributed by atoms with Crippen LogP contribution in [0, 0.1) is 6.92 Å². The number of aryl methyl sites for hydroxylation is 1. The minimum absolute atomic E-state index is 0.292. The van der Waals surface area contributed by atoms with Gasteiger partial charge in [0, 0.05) is 27.7 Å². The number of nitrogens with zero attached hydrogens (tertiary/aromatic N) is 1. The molecular weight excluding hydrogens is 232 g/mol. The third-order valence-electron chi connectivity index (χ3n) is 2.52. The van der Waals surface area contributed by atoms with Crippen molar-refractivity contribution in [3.8, 4) is 5.88 Å². The van der Waals surface area contributed by atoms with Crippen molar-refractivity contribution in [1.82, 2.24) is 4.98 Å². The molecule has 0 aliphatic heterocycles. The van der Waals surface area contributed by atoms with Gasteiger partial charge in [-0.25, -0.2) is 4.98 Å². The number of hydrogen-bond donors (Lipinski definition) is 1. The van der Waals surface area contributed by atoms with Gasteiger partial charge in [-0.15, -0.1) is 11.3 Å². The molecule has 1 atom stereocenters. The number of methoxy groups -OCH3 is 1. The van der Waals surface area contributed by atoms with Crippen LogP contribution >= 0.6 is 11.3 Å². The maximum atomic E-state index is 5.10. The summed E-state index contributed by atoms with van der Waals surface area (Å²) in [6.45, 7) is 4.27. The van der Waals surface area contributed by atoms with Crippen LogP contribution in [0.2, 0.25) is 0 Å². The molecule has 1 unspecified atom stereocenters. The molecule has 2 aromatic rings. The Morgan fingerprint density at radius 2 is 2.18 bits per heavy atom. The molecule has 0 aliphatic carbocycles. The number of ether oxygens (including phenoxy) is 1. The molecule has 4 heteroatoms. The summed E-state index contributed by atoms with van der Waals surface area (Å²) < 4.78 is 5.10. The Bertz CT molecular complexity index is 496. The third kappa shape index (κ3) is 2.97. The summed E-state index contributed by atoms with van der Waals surface area (Å²) in [6.07, 6.45) is 1.74. The van der Waals surface area contributed by atoms with Crippen molar-refractivity contribution < 1.29 is 4.74 Å². The molecule has 0 fully saturated rings. The lowest BCUT2D eigenvalue weighted by molar-refractivity contribution is 0.398. The Balaban J connectivity index is 2.09. The molecule has 0 aliphatic rings. The van der Waals surface area contributed by atoms with E-state index in [4.69, 9.17) is 4.74 Å². The molecule has 2 heterocycles. The van der Waals surface area contributed by atoms with Gasteiger partial charge in [0.1, 0.15) is 0 Å². The second kappa shape index (κ2) is 5.19. The van der Waals surface area contributed by atoms with Gasteiger partial charge in [-0.3, -0.25) is 0 Å². The standard InChI is InChI=1S/C13H16N2OS/c1-9-4-5-12(17-9)10(2)15-11-6-7-14-13(8-11)16-3/h4-8,10H,1-3H3,(H,14,15). The molecule has 0 saturated heterocycles. The molecule has 0 bridgehead atoms. The quantitative estimate of drug-likeness (QED) is 0.897. The summed E-state index contributed by atoms with van der Waals surface area (Å²) in [6, 6.07) is 8.44. The van der Waals surface area contributed by atoms with Crippen molar-refractivity contribution in [3.05, 3.63) is 40.2 Å². The van der Waals surface area contributed by atoms with Crippen LogP contribution in [-0.4, -0.2) is 12.1 Å². The number of nitrogens with one attached hydrogen (secondary N) is 1. The number of anilines is 1. The molecule has 2 aromatic heterocycles. The number of pyridine rings is 1. The van der Waals surface area contributed by atoms with Gasteiger partial charge in [0.05, 0.1) is 13.2 Å². The molecule has 3 nitrogen and oxygen atoms in total. The molecule has 0 saturated carbocycles. The highest BCUT2D eigenvalue weighted by Crippen LogP contribution is 2.26. The average molecular weight is 248 g/mol. The SMILES string of the molecule is COc1cc(NC(C)c2ccc(C)s2)ccn1. The fraction of sp³-hybridized carbons (Fsp3) is 0.308. The van der Waals surface area contributed by atoms with E-state index in [0.717, 1.165) is 5.69 Å². The van der Waals surface area contributed by atoms with Crippen LogP contribution in [0.15, 0.2) is 30.5 Å². The second-order valence-electron chi connectivity index (χ2n) is 3.90. The Morgan fingerprint density at radius 3 is 2.82 bits per heavy atom. The van der Waals surface area contributed by atoms with Crippen molar-refractivity contribution >= 4 is 17.0 Å². The van der Waals surface area contributed by atoms with Gasteiger partial charge in [-0.05, 0) is 32.0 Å². The molecule has 1 N–H and O–H groups in total. The van der Waals surface area contributed by atoms with Crippen molar-refractivity contribution in [1.29, 1.82) is 0 Å². The van der Waals surface area contributed by atoms with Crippen LogP contribution in [0.5, 0.6) is 5.88 Å². The zero-order valence-corrected chi connectivity index (χ0v) is 11.0. The fourth-order valence-electron chi connectivity index (χ4n) is 1.62. The Kier molecular flexibility index (Phi) is 3.64. The zero-order chi connectivity index (χ0) is 12.3. The highest BCUT2D eigenvalue weighted by atomic mass is 32.1. The molecule has 0 aromatic carbocycles. The van der Waals surface area contributed by atoms with Gasteiger partial charge in [0.2, 0.25) is 5.88 Å². The van der Waals surface area contributed by atoms with Gasteiger partial charge in [-0.2, -0.15) is 0 Å². The van der Waals surface area contributed by atoms with Gasteiger partial charge >= 0.3 is 0 Å². The third-order valence-corrected chi connectivity index (χ3v) is 3.70. The van der Waals surface area contributed by atoms with Crippen molar-refractivity contribution in [2.45, 2.75) is 19.9 Å². The first-order chi connectivity index (χ1) is 8.19. The molecule has 0 amide bonds. The highest BCUT2D eigenvalue weighted by molar-refractivity contribution is 7.12. The van der Waals surface area contributed by atoms with Crippen molar-refractivity contribution in [2.24, 2.45) is 0 Å². The Labute approximate surface area is 105 Å². The van der Waals surface area contributed by atoms with Crippen LogP contribution in [-0.2, 0) is 0 Å². The molecule has 0 radical (unpaired) electrons. The molecular formula is C13H16N2OS. The van der Waals surface area contributed by atoms with E-state index in [1.165, 1.54) is 9.75 Å². The summed E-state index contributed by atoms with van der Waals surface area (Å²) >= 11 is 1.82. The maximum Gasteiger partial charge on any atom is 0.214 e. The number of aromatic nitrogens is 1. The highest BCUT2D eigenvalue weighted by Gasteiger charge is 2.07. The summed E-state index contributed by atoms with van der Waals surface area (Å²) in [4.78, 5) is 6.75. The first-order valence-corrected chi connectivity index (χ1v) is 6.33. The first kappa shape index (κ1) is 11.9. The number of thiophene rings is 1. The molecule has 0 spiro atoms. The van der Waals surface area contributed by atoms with E-state index >= 15 is 0 Å². The summed E-state index contributed by atoms with van der Waals surface area (Å²) in [5.74, 6) is 0.629. The lowest BCUT2D eigenvalue weighted by Crippen LogP contribution is -2.05. The molecule has 2 rings (SSSR count). The van der Waals surface area contributed by atoms with Crippen LogP contribution < -0.4 is 10.1 Å². The van der Waals surface area contributed by atoms with E-state index in [-0.39, 0.29) is 0 Å².